The van der Waals surface area contributed by atoms with Gasteiger partial charge in [-0.05, 0) is 13.3 Å². The molecule has 18 heavy (non-hydrogen) atoms. The van der Waals surface area contributed by atoms with E-state index in [1.54, 1.807) is 11.3 Å². The van der Waals surface area contributed by atoms with E-state index in [2.05, 4.69) is 27.2 Å². The highest BCUT2D eigenvalue weighted by Crippen LogP contribution is 2.21. The first-order valence-corrected chi connectivity index (χ1v) is 6.82. The number of nitrogens with two attached hydrogens (primary N) is 1. The fraction of sp³-hybridized carbons (Fsp3) is 0.417. The Kier molecular flexibility index (Phi) is 4.09. The van der Waals surface area contributed by atoms with Gasteiger partial charge < -0.3 is 11.1 Å². The van der Waals surface area contributed by atoms with Crippen LogP contribution in [0.1, 0.15) is 29.5 Å². The van der Waals surface area contributed by atoms with Crippen LogP contribution < -0.4 is 11.1 Å². The molecule has 0 aliphatic rings. The molecule has 0 radical (unpaired) electrons. The summed E-state index contributed by atoms with van der Waals surface area (Å²) in [5.41, 5.74) is 9.80. The van der Waals surface area contributed by atoms with E-state index >= 15 is 0 Å². The maximum absolute atomic E-state index is 5.89. The summed E-state index contributed by atoms with van der Waals surface area (Å²) >= 11 is 1.64. The third-order valence-electron chi connectivity index (χ3n) is 2.74. The van der Waals surface area contributed by atoms with E-state index < -0.39 is 0 Å². The third-order valence-corrected chi connectivity index (χ3v) is 3.68. The molecule has 0 bridgehead atoms. The Morgan fingerprint density at radius 3 is 2.83 bits per heavy atom. The molecule has 0 aliphatic carbocycles. The Balaban J connectivity index is 2.14. The van der Waals surface area contributed by atoms with Gasteiger partial charge in [-0.15, -0.1) is 11.3 Å². The molecular formula is C12H17N5S. The van der Waals surface area contributed by atoms with Crippen LogP contribution in [0.15, 0.2) is 11.8 Å². The lowest BCUT2D eigenvalue weighted by Crippen LogP contribution is -2.08. The number of anilines is 2. The first-order chi connectivity index (χ1) is 8.72. The van der Waals surface area contributed by atoms with Crippen LogP contribution in [0.3, 0.4) is 0 Å². The molecule has 0 amide bonds. The van der Waals surface area contributed by atoms with E-state index in [0.29, 0.717) is 5.82 Å². The van der Waals surface area contributed by atoms with Crippen molar-refractivity contribution in [3.8, 4) is 0 Å². The lowest BCUT2D eigenvalue weighted by atomic mass is 10.1. The minimum Gasteiger partial charge on any atom is -0.383 e. The molecule has 0 aliphatic heterocycles. The van der Waals surface area contributed by atoms with Crippen molar-refractivity contribution in [2.24, 2.45) is 0 Å². The van der Waals surface area contributed by atoms with Gasteiger partial charge in [0.2, 0.25) is 0 Å². The Hall–Kier alpha value is -1.69. The first kappa shape index (κ1) is 12.8. The molecule has 0 aromatic carbocycles. The molecule has 3 N–H and O–H groups in total. The van der Waals surface area contributed by atoms with Gasteiger partial charge in [-0.2, -0.15) is 0 Å². The summed E-state index contributed by atoms with van der Waals surface area (Å²) in [6, 6.07) is 0. The summed E-state index contributed by atoms with van der Waals surface area (Å²) in [7, 11) is 0. The van der Waals surface area contributed by atoms with Gasteiger partial charge in [0.15, 0.2) is 0 Å². The van der Waals surface area contributed by atoms with E-state index in [1.165, 1.54) is 11.2 Å². The second kappa shape index (κ2) is 5.77. The lowest BCUT2D eigenvalue weighted by Gasteiger charge is -2.11. The number of nitrogens with one attached hydrogen (secondary N) is 1. The van der Waals surface area contributed by atoms with E-state index in [9.17, 15) is 0 Å². The van der Waals surface area contributed by atoms with E-state index in [4.69, 9.17) is 5.73 Å². The summed E-state index contributed by atoms with van der Waals surface area (Å²) in [6.07, 6.45) is 3.40. The highest BCUT2D eigenvalue weighted by atomic mass is 32.1. The molecule has 0 saturated carbocycles. The predicted octanol–water partition coefficient (Wildman–Crippen LogP) is 2.39. The van der Waals surface area contributed by atoms with Crippen LogP contribution in [0.25, 0.3) is 0 Å². The number of thiazole rings is 1. The maximum atomic E-state index is 5.89. The van der Waals surface area contributed by atoms with Crippen LogP contribution in [0.5, 0.6) is 0 Å². The van der Waals surface area contributed by atoms with Crippen molar-refractivity contribution in [3.05, 3.63) is 28.0 Å². The van der Waals surface area contributed by atoms with Gasteiger partial charge in [0.05, 0.1) is 17.7 Å². The molecule has 5 nitrogen and oxygen atoms in total. The zero-order chi connectivity index (χ0) is 13.0. The molecule has 2 aromatic rings. The van der Waals surface area contributed by atoms with E-state index in [-0.39, 0.29) is 0 Å². The average molecular weight is 263 g/mol. The normalized spacial score (nSPS) is 10.6. The summed E-state index contributed by atoms with van der Waals surface area (Å²) in [5, 5.41) is 3.32. The quantitative estimate of drug-likeness (QED) is 0.866. The third kappa shape index (κ3) is 2.76. The summed E-state index contributed by atoms with van der Waals surface area (Å²) in [5.74, 6) is 1.40. The zero-order valence-electron chi connectivity index (χ0n) is 10.6. The molecule has 96 valence electrons. The van der Waals surface area contributed by atoms with Crippen molar-refractivity contribution in [3.63, 3.8) is 0 Å². The molecule has 6 heteroatoms. The Labute approximate surface area is 111 Å². The SMILES string of the molecule is CCCc1c(N)ncnc1NCc1scnc1C. The van der Waals surface area contributed by atoms with Crippen LogP contribution in [0, 0.1) is 6.92 Å². The van der Waals surface area contributed by atoms with Crippen molar-refractivity contribution >= 4 is 23.0 Å². The van der Waals surface area contributed by atoms with Crippen molar-refractivity contribution in [1.29, 1.82) is 0 Å². The number of aryl methyl sites for hydroxylation is 1. The molecule has 0 atom stereocenters. The van der Waals surface area contributed by atoms with Gasteiger partial charge in [-0.3, -0.25) is 0 Å². The molecule has 2 aromatic heterocycles. The largest absolute Gasteiger partial charge is 0.383 e. The van der Waals surface area contributed by atoms with Crippen molar-refractivity contribution in [1.82, 2.24) is 15.0 Å². The second-order valence-corrected chi connectivity index (χ2v) is 4.99. The van der Waals surface area contributed by atoms with Gasteiger partial charge in [-0.25, -0.2) is 15.0 Å². The number of hydrogen-bond acceptors (Lipinski definition) is 6. The van der Waals surface area contributed by atoms with Crippen LogP contribution in [-0.4, -0.2) is 15.0 Å². The van der Waals surface area contributed by atoms with Crippen LogP contribution in [0.4, 0.5) is 11.6 Å². The average Bonchev–Trinajstić information content (AvgIpc) is 2.76. The van der Waals surface area contributed by atoms with Crippen LogP contribution >= 0.6 is 11.3 Å². The Morgan fingerprint density at radius 2 is 2.17 bits per heavy atom. The summed E-state index contributed by atoms with van der Waals surface area (Å²) in [4.78, 5) is 13.8. The van der Waals surface area contributed by atoms with Crippen molar-refractivity contribution in [2.75, 3.05) is 11.1 Å². The van der Waals surface area contributed by atoms with Gasteiger partial charge >= 0.3 is 0 Å². The number of rotatable bonds is 5. The van der Waals surface area contributed by atoms with Gasteiger partial charge in [0, 0.05) is 10.4 Å². The molecule has 0 unspecified atom stereocenters. The first-order valence-electron chi connectivity index (χ1n) is 5.94. The molecule has 0 spiro atoms. The maximum Gasteiger partial charge on any atom is 0.135 e. The number of nitrogen functional groups attached to an aromatic ring is 1. The predicted molar refractivity (Wildman–Crippen MR) is 74.6 cm³/mol. The highest BCUT2D eigenvalue weighted by molar-refractivity contribution is 7.09. The molecule has 2 heterocycles. The molecular weight excluding hydrogens is 246 g/mol. The van der Waals surface area contributed by atoms with Crippen LogP contribution in [0.2, 0.25) is 0 Å². The topological polar surface area (TPSA) is 76.7 Å². The van der Waals surface area contributed by atoms with Crippen molar-refractivity contribution < 1.29 is 0 Å². The Morgan fingerprint density at radius 1 is 1.33 bits per heavy atom. The number of hydrogen-bond donors (Lipinski definition) is 2. The fourth-order valence-electron chi connectivity index (χ4n) is 1.73. The van der Waals surface area contributed by atoms with E-state index in [0.717, 1.165) is 36.5 Å². The van der Waals surface area contributed by atoms with Gasteiger partial charge in [0.25, 0.3) is 0 Å². The summed E-state index contributed by atoms with van der Waals surface area (Å²) < 4.78 is 0. The molecule has 0 fully saturated rings. The minimum absolute atomic E-state index is 0.565. The number of aromatic nitrogens is 3. The standard InChI is InChI=1S/C12H17N5S/c1-3-4-9-11(13)15-6-16-12(9)14-5-10-8(2)17-7-18-10/h6-7H,3-5H2,1-2H3,(H3,13,14,15,16). The number of nitrogens with zero attached hydrogens (tertiary/aromatic N) is 3. The lowest BCUT2D eigenvalue weighted by molar-refractivity contribution is 0.902. The Bertz CT molecular complexity index is 523. The smallest absolute Gasteiger partial charge is 0.135 e. The summed E-state index contributed by atoms with van der Waals surface area (Å²) in [6.45, 7) is 4.85. The monoisotopic (exact) mass is 263 g/mol. The van der Waals surface area contributed by atoms with Gasteiger partial charge in [-0.1, -0.05) is 13.3 Å². The van der Waals surface area contributed by atoms with Crippen LogP contribution in [-0.2, 0) is 13.0 Å². The fourth-order valence-corrected chi connectivity index (χ4v) is 2.45. The minimum atomic E-state index is 0.565. The second-order valence-electron chi connectivity index (χ2n) is 4.05. The van der Waals surface area contributed by atoms with E-state index in [1.807, 2.05) is 12.4 Å². The highest BCUT2D eigenvalue weighted by Gasteiger charge is 2.09. The zero-order valence-corrected chi connectivity index (χ0v) is 11.4. The van der Waals surface area contributed by atoms with Gasteiger partial charge in [0.1, 0.15) is 18.0 Å². The molecule has 0 saturated heterocycles. The van der Waals surface area contributed by atoms with Crippen molar-refractivity contribution in [2.45, 2.75) is 33.2 Å². The molecule has 2 rings (SSSR count).